The number of rotatable bonds is 7. The Morgan fingerprint density at radius 2 is 1.62 bits per heavy atom. The molecule has 0 saturated heterocycles. The number of esters is 1. The Balaban J connectivity index is 1.50. The van der Waals surface area contributed by atoms with E-state index in [4.69, 9.17) is 16.3 Å². The van der Waals surface area contributed by atoms with Crippen molar-refractivity contribution in [3.63, 3.8) is 0 Å². The minimum absolute atomic E-state index is 0.0814. The number of hydrogen-bond donors (Lipinski definition) is 3. The summed E-state index contributed by atoms with van der Waals surface area (Å²) in [6.45, 7) is 3.46. The molecule has 0 aliphatic carbocycles. The number of para-hydroxylation sites is 2. The van der Waals surface area contributed by atoms with Crippen molar-refractivity contribution >= 4 is 52.4 Å². The van der Waals surface area contributed by atoms with Crippen molar-refractivity contribution in [3.8, 4) is 5.75 Å². The molecule has 0 radical (unpaired) electrons. The van der Waals surface area contributed by atoms with Crippen LogP contribution in [-0.2, 0) is 14.3 Å². The molecule has 1 heterocycles. The highest BCUT2D eigenvalue weighted by atomic mass is 35.5. The van der Waals surface area contributed by atoms with Gasteiger partial charge in [-0.1, -0.05) is 29.8 Å². The van der Waals surface area contributed by atoms with E-state index in [9.17, 15) is 24.3 Å². The third-order valence-electron chi connectivity index (χ3n) is 5.28. The largest absolute Gasteiger partial charge is 0.506 e. The highest BCUT2D eigenvalue weighted by molar-refractivity contribution is 6.53. The van der Waals surface area contributed by atoms with Crippen LogP contribution in [0.4, 0.5) is 17.1 Å². The maximum atomic E-state index is 13.1. The number of hydrogen-bond acceptors (Lipinski definition) is 7. The zero-order valence-electron chi connectivity index (χ0n) is 19.8. The number of phenols is 1. The molecular weight excluding hydrogens is 498 g/mol. The summed E-state index contributed by atoms with van der Waals surface area (Å²) in [5, 5.41) is 15.0. The van der Waals surface area contributed by atoms with E-state index >= 15 is 0 Å². The molecule has 0 saturated carbocycles. The Kier molecular flexibility index (Phi) is 7.26. The maximum absolute atomic E-state index is 13.1. The molecule has 3 aromatic carbocycles. The fraction of sp³-hybridized carbons (Fsp3) is 0.111. The van der Waals surface area contributed by atoms with E-state index in [1.54, 1.807) is 50.2 Å². The molecule has 10 heteroatoms. The van der Waals surface area contributed by atoms with Gasteiger partial charge >= 0.3 is 5.97 Å². The van der Waals surface area contributed by atoms with Crippen molar-refractivity contribution in [1.29, 1.82) is 0 Å². The normalized spacial score (nSPS) is 13.2. The first-order chi connectivity index (χ1) is 17.7. The molecular formula is C27H22ClN3O6. The average molecular weight is 520 g/mol. The molecule has 3 amide bonds. The van der Waals surface area contributed by atoms with E-state index in [0.717, 1.165) is 4.90 Å². The van der Waals surface area contributed by atoms with E-state index in [0.29, 0.717) is 5.69 Å². The smallest absolute Gasteiger partial charge is 0.338 e. The zero-order valence-corrected chi connectivity index (χ0v) is 20.6. The van der Waals surface area contributed by atoms with E-state index in [1.165, 1.54) is 36.4 Å². The summed E-state index contributed by atoms with van der Waals surface area (Å²) in [5.74, 6) is -2.53. The zero-order chi connectivity index (χ0) is 26.7. The van der Waals surface area contributed by atoms with E-state index < -0.39 is 23.7 Å². The first-order valence-electron chi connectivity index (χ1n) is 11.2. The Morgan fingerprint density at radius 3 is 2.30 bits per heavy atom. The molecule has 0 fully saturated rings. The molecule has 1 aliphatic heterocycles. The number of amides is 3. The van der Waals surface area contributed by atoms with Gasteiger partial charge in [-0.25, -0.2) is 9.69 Å². The molecule has 37 heavy (non-hydrogen) atoms. The highest BCUT2D eigenvalue weighted by Crippen LogP contribution is 2.31. The van der Waals surface area contributed by atoms with Crippen molar-refractivity contribution in [3.05, 3.63) is 94.7 Å². The number of benzene rings is 3. The van der Waals surface area contributed by atoms with Crippen LogP contribution in [0.15, 0.2) is 83.5 Å². The molecule has 1 aliphatic rings. The summed E-state index contributed by atoms with van der Waals surface area (Å²) < 4.78 is 5.14. The summed E-state index contributed by atoms with van der Waals surface area (Å²) in [5.41, 5.74) is 1.16. The second-order valence-corrected chi connectivity index (χ2v) is 8.69. The molecule has 0 atom stereocenters. The topological polar surface area (TPSA) is 125 Å². The van der Waals surface area contributed by atoms with Crippen LogP contribution in [0.2, 0.25) is 0 Å². The second-order valence-electron chi connectivity index (χ2n) is 8.31. The lowest BCUT2D eigenvalue weighted by Gasteiger charge is -2.16. The summed E-state index contributed by atoms with van der Waals surface area (Å²) >= 11 is 6.21. The second kappa shape index (κ2) is 10.5. The fourth-order valence-corrected chi connectivity index (χ4v) is 3.74. The lowest BCUT2D eigenvalue weighted by molar-refractivity contribution is -0.120. The first kappa shape index (κ1) is 25.5. The third kappa shape index (κ3) is 5.46. The van der Waals surface area contributed by atoms with Crippen molar-refractivity contribution < 1.29 is 29.0 Å². The summed E-state index contributed by atoms with van der Waals surface area (Å²) in [6, 6.07) is 18.3. The highest BCUT2D eigenvalue weighted by Gasteiger charge is 2.39. The number of aromatic hydroxyl groups is 1. The number of nitrogens with zero attached hydrogens (tertiary/aromatic N) is 1. The lowest BCUT2D eigenvalue weighted by atomic mass is 10.1. The van der Waals surface area contributed by atoms with E-state index in [1.807, 2.05) is 0 Å². The molecule has 0 bridgehead atoms. The van der Waals surface area contributed by atoms with Gasteiger partial charge in [-0.15, -0.1) is 0 Å². The fourth-order valence-electron chi connectivity index (χ4n) is 3.53. The minimum Gasteiger partial charge on any atom is -0.506 e. The summed E-state index contributed by atoms with van der Waals surface area (Å²) in [6.07, 6.45) is -0.291. The number of carbonyl (C=O) groups is 4. The molecule has 0 spiro atoms. The summed E-state index contributed by atoms with van der Waals surface area (Å²) in [7, 11) is 0. The van der Waals surface area contributed by atoms with Crippen LogP contribution >= 0.6 is 11.6 Å². The van der Waals surface area contributed by atoms with Gasteiger partial charge in [-0.05, 0) is 68.4 Å². The van der Waals surface area contributed by atoms with Crippen molar-refractivity contribution in [2.24, 2.45) is 0 Å². The molecule has 0 unspecified atom stereocenters. The Morgan fingerprint density at radius 1 is 0.919 bits per heavy atom. The standard InChI is InChI=1S/C27H22ClN3O6/c1-15(2)37-27(36)16-10-12-19(13-11-16)31-25(34)22(28)23(26(31)35)29-18-7-5-6-17(14-18)24(33)30-20-8-3-4-9-21(20)32/h3-15,29,32H,1-2H3,(H,30,33). The van der Waals surface area contributed by atoms with Gasteiger partial charge in [0.2, 0.25) is 0 Å². The molecule has 3 N–H and O–H groups in total. The van der Waals surface area contributed by atoms with Gasteiger partial charge in [0.15, 0.2) is 0 Å². The van der Waals surface area contributed by atoms with Crippen molar-refractivity contribution in [2.75, 3.05) is 15.5 Å². The Bertz CT molecular complexity index is 1430. The van der Waals surface area contributed by atoms with Crippen LogP contribution in [-0.4, -0.2) is 34.9 Å². The third-order valence-corrected chi connectivity index (χ3v) is 5.63. The van der Waals surface area contributed by atoms with E-state index in [-0.39, 0.29) is 45.1 Å². The van der Waals surface area contributed by atoms with Crippen LogP contribution in [0.25, 0.3) is 0 Å². The van der Waals surface area contributed by atoms with Gasteiger partial charge in [0.1, 0.15) is 16.5 Å². The molecule has 9 nitrogen and oxygen atoms in total. The number of imide groups is 1. The number of carbonyl (C=O) groups excluding carboxylic acids is 4. The average Bonchev–Trinajstić information content (AvgIpc) is 3.08. The Hall–Kier alpha value is -4.63. The van der Waals surface area contributed by atoms with Gasteiger partial charge in [0, 0.05) is 11.3 Å². The van der Waals surface area contributed by atoms with E-state index in [2.05, 4.69) is 10.6 Å². The quantitative estimate of drug-likeness (QED) is 0.236. The van der Waals surface area contributed by atoms with Gasteiger partial charge in [-0.3, -0.25) is 14.4 Å². The number of ether oxygens (including phenoxy) is 1. The van der Waals surface area contributed by atoms with Gasteiger partial charge < -0.3 is 20.5 Å². The van der Waals surface area contributed by atoms with Crippen LogP contribution in [0, 0.1) is 0 Å². The number of anilines is 3. The number of phenolic OH excluding ortho intramolecular Hbond substituents is 1. The SMILES string of the molecule is CC(C)OC(=O)c1ccc(N2C(=O)C(Cl)=C(Nc3cccc(C(=O)Nc4ccccc4O)c3)C2=O)cc1. The predicted octanol–water partition coefficient (Wildman–Crippen LogP) is 4.65. The molecule has 3 aromatic rings. The molecule has 0 aromatic heterocycles. The van der Waals surface area contributed by atoms with Gasteiger partial charge in [-0.2, -0.15) is 0 Å². The maximum Gasteiger partial charge on any atom is 0.338 e. The Labute approximate surface area is 217 Å². The number of nitrogens with one attached hydrogen (secondary N) is 2. The molecule has 188 valence electrons. The number of halogens is 1. The predicted molar refractivity (Wildman–Crippen MR) is 138 cm³/mol. The van der Waals surface area contributed by atoms with Crippen molar-refractivity contribution in [1.82, 2.24) is 0 Å². The van der Waals surface area contributed by atoms with Gasteiger partial charge in [0.05, 0.1) is 23.0 Å². The van der Waals surface area contributed by atoms with Crippen LogP contribution in [0.5, 0.6) is 5.75 Å². The summed E-state index contributed by atoms with van der Waals surface area (Å²) in [4.78, 5) is 51.5. The van der Waals surface area contributed by atoms with Crippen LogP contribution in [0.1, 0.15) is 34.6 Å². The van der Waals surface area contributed by atoms with Gasteiger partial charge in [0.25, 0.3) is 17.7 Å². The van der Waals surface area contributed by atoms with Crippen molar-refractivity contribution in [2.45, 2.75) is 20.0 Å². The molecule has 4 rings (SSSR count). The lowest BCUT2D eigenvalue weighted by Crippen LogP contribution is -2.32. The first-order valence-corrected chi connectivity index (χ1v) is 11.6. The monoisotopic (exact) mass is 519 g/mol. The van der Waals surface area contributed by atoms with Crippen LogP contribution < -0.4 is 15.5 Å². The minimum atomic E-state index is -0.736. The van der Waals surface area contributed by atoms with Crippen LogP contribution in [0.3, 0.4) is 0 Å².